The lowest BCUT2D eigenvalue weighted by molar-refractivity contribution is -0.125. The molecule has 1 amide bonds. The van der Waals surface area contributed by atoms with E-state index in [-0.39, 0.29) is 22.9 Å². The van der Waals surface area contributed by atoms with E-state index in [1.165, 1.54) is 49.9 Å². The number of rotatable bonds is 8. The molecule has 4 saturated carbocycles. The number of carbonyl (C=O) groups is 1. The Balaban J connectivity index is 1.44. The van der Waals surface area contributed by atoms with E-state index in [0.29, 0.717) is 34.9 Å². The number of sulfonamides is 1. The predicted octanol–water partition coefficient (Wildman–Crippen LogP) is 4.29. The van der Waals surface area contributed by atoms with Crippen LogP contribution in [0, 0.1) is 24.7 Å². The first kappa shape index (κ1) is 24.0. The summed E-state index contributed by atoms with van der Waals surface area (Å²) in [5.74, 6) is 2.56. The van der Waals surface area contributed by atoms with Gasteiger partial charge in [-0.1, -0.05) is 17.7 Å². The number of anilines is 1. The topological polar surface area (TPSA) is 84.9 Å². The minimum Gasteiger partial charge on any atom is -0.493 e. The molecule has 2 aromatic carbocycles. The molecule has 4 aliphatic carbocycles. The van der Waals surface area contributed by atoms with Gasteiger partial charge < -0.3 is 14.8 Å². The van der Waals surface area contributed by atoms with Crippen LogP contribution in [0.5, 0.6) is 11.5 Å². The van der Waals surface area contributed by atoms with Gasteiger partial charge in [-0.05, 0) is 87.5 Å². The monoisotopic (exact) mass is 498 g/mol. The van der Waals surface area contributed by atoms with Crippen LogP contribution in [0.2, 0.25) is 0 Å². The lowest BCUT2D eigenvalue weighted by atomic mass is 9.53. The summed E-state index contributed by atoms with van der Waals surface area (Å²) in [6.07, 6.45) is 6.86. The zero-order valence-corrected chi connectivity index (χ0v) is 21.4. The van der Waals surface area contributed by atoms with Crippen molar-refractivity contribution in [2.24, 2.45) is 17.8 Å². The number of nitrogens with zero attached hydrogens (tertiary/aromatic N) is 1. The third-order valence-corrected chi connectivity index (χ3v) is 9.76. The number of carbonyl (C=O) groups excluding carboxylic acids is 1. The van der Waals surface area contributed by atoms with Gasteiger partial charge in [0.05, 0.1) is 24.8 Å². The van der Waals surface area contributed by atoms with Crippen LogP contribution in [-0.4, -0.2) is 40.6 Å². The van der Waals surface area contributed by atoms with Crippen molar-refractivity contribution >= 4 is 21.6 Å². The Hall–Kier alpha value is -2.74. The molecule has 35 heavy (non-hydrogen) atoms. The summed E-state index contributed by atoms with van der Waals surface area (Å²) in [6.45, 7) is 1.66. The number of aryl methyl sites for hydroxylation is 1. The standard InChI is InChI=1S/C27H34N2O5S/c1-18-4-6-22(7-5-18)29(35(31,32)23-8-9-24(33-2)25(13-23)34-3)17-26(30)28-27-14-19-10-20(15-27)12-21(11-19)16-27/h4-9,13,19-21H,10-12,14-17H2,1-3H3,(H,28,30). The molecular weight excluding hydrogens is 464 g/mol. The fourth-order valence-electron chi connectivity index (χ4n) is 6.86. The van der Waals surface area contributed by atoms with Gasteiger partial charge in [0.15, 0.2) is 11.5 Å². The summed E-state index contributed by atoms with van der Waals surface area (Å²) >= 11 is 0. The molecule has 0 saturated heterocycles. The maximum Gasteiger partial charge on any atom is 0.264 e. The van der Waals surface area contributed by atoms with Crippen LogP contribution in [0.4, 0.5) is 5.69 Å². The molecule has 0 aromatic heterocycles. The molecular formula is C27H34N2O5S. The van der Waals surface area contributed by atoms with Crippen molar-refractivity contribution in [1.82, 2.24) is 5.32 Å². The Labute approximate surface area is 207 Å². The zero-order chi connectivity index (χ0) is 24.8. The molecule has 2 aromatic rings. The van der Waals surface area contributed by atoms with Gasteiger partial charge >= 0.3 is 0 Å². The summed E-state index contributed by atoms with van der Waals surface area (Å²) in [5.41, 5.74) is 1.28. The maximum absolute atomic E-state index is 13.8. The van der Waals surface area contributed by atoms with Crippen LogP contribution in [0.25, 0.3) is 0 Å². The van der Waals surface area contributed by atoms with Gasteiger partial charge in [0.2, 0.25) is 5.91 Å². The minimum absolute atomic E-state index is 0.0401. The Bertz CT molecular complexity index is 1170. The molecule has 4 aliphatic rings. The molecule has 0 radical (unpaired) electrons. The highest BCUT2D eigenvalue weighted by molar-refractivity contribution is 7.92. The second-order valence-electron chi connectivity index (χ2n) is 10.6. The van der Waals surface area contributed by atoms with Gasteiger partial charge in [-0.15, -0.1) is 0 Å². The van der Waals surface area contributed by atoms with Crippen molar-refractivity contribution < 1.29 is 22.7 Å². The number of benzene rings is 2. The lowest BCUT2D eigenvalue weighted by Gasteiger charge is -2.57. The highest BCUT2D eigenvalue weighted by atomic mass is 32.2. The average Bonchev–Trinajstić information content (AvgIpc) is 2.81. The van der Waals surface area contributed by atoms with Gasteiger partial charge in [-0.3, -0.25) is 9.10 Å². The minimum atomic E-state index is -4.05. The van der Waals surface area contributed by atoms with Crippen LogP contribution < -0.4 is 19.1 Å². The molecule has 0 heterocycles. The highest BCUT2D eigenvalue weighted by Gasteiger charge is 2.51. The van der Waals surface area contributed by atoms with Crippen LogP contribution in [-0.2, 0) is 14.8 Å². The van der Waals surface area contributed by atoms with Crippen LogP contribution in [0.3, 0.4) is 0 Å². The van der Waals surface area contributed by atoms with Crippen molar-refractivity contribution in [3.63, 3.8) is 0 Å². The summed E-state index contributed by atoms with van der Waals surface area (Å²) in [6, 6.07) is 11.7. The van der Waals surface area contributed by atoms with Crippen LogP contribution in [0.15, 0.2) is 47.4 Å². The van der Waals surface area contributed by atoms with E-state index in [2.05, 4.69) is 5.32 Å². The number of methoxy groups -OCH3 is 2. The summed E-state index contributed by atoms with van der Waals surface area (Å²) < 4.78 is 39.5. The molecule has 8 heteroatoms. The molecule has 7 nitrogen and oxygen atoms in total. The summed E-state index contributed by atoms with van der Waals surface area (Å²) in [5, 5.41) is 3.31. The van der Waals surface area contributed by atoms with Crippen LogP contribution in [0.1, 0.15) is 44.1 Å². The fourth-order valence-corrected chi connectivity index (χ4v) is 8.30. The quantitative estimate of drug-likeness (QED) is 0.587. The van der Waals surface area contributed by atoms with Gasteiger partial charge in [0, 0.05) is 11.6 Å². The van der Waals surface area contributed by atoms with E-state index in [0.717, 1.165) is 24.8 Å². The Kier molecular flexibility index (Phi) is 6.20. The van der Waals surface area contributed by atoms with Crippen LogP contribution >= 0.6 is 0 Å². The second-order valence-corrected chi connectivity index (χ2v) is 12.5. The van der Waals surface area contributed by atoms with E-state index < -0.39 is 10.0 Å². The molecule has 0 aliphatic heterocycles. The number of ether oxygens (including phenoxy) is 2. The number of nitrogens with one attached hydrogen (secondary N) is 1. The normalized spacial score (nSPS) is 26.9. The highest BCUT2D eigenvalue weighted by Crippen LogP contribution is 2.55. The van der Waals surface area contributed by atoms with Crippen molar-refractivity contribution in [2.75, 3.05) is 25.1 Å². The molecule has 4 bridgehead atoms. The molecule has 0 spiro atoms. The van der Waals surface area contributed by atoms with Gasteiger partial charge in [-0.2, -0.15) is 0 Å². The lowest BCUT2D eigenvalue weighted by Crippen LogP contribution is -2.61. The third kappa shape index (κ3) is 4.60. The summed E-state index contributed by atoms with van der Waals surface area (Å²) in [4.78, 5) is 13.5. The average molecular weight is 499 g/mol. The van der Waals surface area contributed by atoms with Gasteiger partial charge in [-0.25, -0.2) is 8.42 Å². The Morgan fingerprint density at radius 1 is 0.943 bits per heavy atom. The van der Waals surface area contributed by atoms with E-state index in [9.17, 15) is 13.2 Å². The smallest absolute Gasteiger partial charge is 0.264 e. The molecule has 1 N–H and O–H groups in total. The molecule has 4 fully saturated rings. The SMILES string of the molecule is COc1ccc(S(=O)(=O)N(CC(=O)NC23CC4CC(CC(C4)C2)C3)c2ccc(C)cc2)cc1OC. The van der Waals surface area contributed by atoms with E-state index in [4.69, 9.17) is 9.47 Å². The van der Waals surface area contributed by atoms with Crippen molar-refractivity contribution in [2.45, 2.75) is 55.9 Å². The third-order valence-electron chi connectivity index (χ3n) is 7.99. The fraction of sp³-hybridized carbons (Fsp3) is 0.519. The van der Waals surface area contributed by atoms with Crippen molar-refractivity contribution in [3.8, 4) is 11.5 Å². The largest absolute Gasteiger partial charge is 0.493 e. The van der Waals surface area contributed by atoms with Crippen molar-refractivity contribution in [1.29, 1.82) is 0 Å². The number of hydrogen-bond donors (Lipinski definition) is 1. The van der Waals surface area contributed by atoms with Gasteiger partial charge in [0.25, 0.3) is 10.0 Å². The molecule has 0 atom stereocenters. The Morgan fingerprint density at radius 3 is 2.06 bits per heavy atom. The van der Waals surface area contributed by atoms with E-state index in [1.54, 1.807) is 18.2 Å². The second kappa shape index (κ2) is 9.04. The number of hydrogen-bond acceptors (Lipinski definition) is 5. The molecule has 6 rings (SSSR count). The molecule has 0 unspecified atom stereocenters. The molecule has 188 valence electrons. The Morgan fingerprint density at radius 2 is 1.51 bits per heavy atom. The zero-order valence-electron chi connectivity index (χ0n) is 20.6. The van der Waals surface area contributed by atoms with E-state index in [1.807, 2.05) is 19.1 Å². The maximum atomic E-state index is 13.8. The first-order chi connectivity index (χ1) is 16.7. The predicted molar refractivity (Wildman–Crippen MR) is 134 cm³/mol. The van der Waals surface area contributed by atoms with E-state index >= 15 is 0 Å². The first-order valence-corrected chi connectivity index (χ1v) is 13.8. The van der Waals surface area contributed by atoms with Crippen molar-refractivity contribution in [3.05, 3.63) is 48.0 Å². The summed E-state index contributed by atoms with van der Waals surface area (Å²) in [7, 11) is -1.09. The van der Waals surface area contributed by atoms with Gasteiger partial charge in [0.1, 0.15) is 6.54 Å². The number of amides is 1. The first-order valence-electron chi connectivity index (χ1n) is 12.3.